The van der Waals surface area contributed by atoms with Crippen LogP contribution < -0.4 is 20.5 Å². The minimum atomic E-state index is -0.267. The molecule has 0 saturated heterocycles. The summed E-state index contributed by atoms with van der Waals surface area (Å²) in [4.78, 5) is 18.0. The lowest BCUT2D eigenvalue weighted by molar-refractivity contribution is 0.0906. The van der Waals surface area contributed by atoms with Crippen LogP contribution in [0.25, 0.3) is 10.6 Å². The third-order valence-corrected chi connectivity index (χ3v) is 6.17. The van der Waals surface area contributed by atoms with Crippen molar-refractivity contribution in [3.63, 3.8) is 0 Å². The van der Waals surface area contributed by atoms with Crippen molar-refractivity contribution in [2.45, 2.75) is 38.1 Å². The fourth-order valence-corrected chi connectivity index (χ4v) is 4.39. The summed E-state index contributed by atoms with van der Waals surface area (Å²) in [6.45, 7) is 2.33. The molecule has 1 saturated carbocycles. The number of ether oxygens (including phenoxy) is 2. The molecular formula is C19H25N3O3S. The van der Waals surface area contributed by atoms with E-state index in [4.69, 9.17) is 15.2 Å². The Morgan fingerprint density at radius 3 is 2.58 bits per heavy atom. The van der Waals surface area contributed by atoms with Gasteiger partial charge in [-0.25, -0.2) is 4.98 Å². The summed E-state index contributed by atoms with van der Waals surface area (Å²) >= 11 is 1.39. The van der Waals surface area contributed by atoms with Crippen LogP contribution in [0, 0.1) is 6.92 Å². The molecule has 1 aromatic heterocycles. The van der Waals surface area contributed by atoms with E-state index < -0.39 is 0 Å². The second-order valence-electron chi connectivity index (χ2n) is 6.65. The van der Waals surface area contributed by atoms with Crippen molar-refractivity contribution >= 4 is 17.2 Å². The third kappa shape index (κ3) is 3.54. The van der Waals surface area contributed by atoms with Gasteiger partial charge in [0.05, 0.1) is 25.5 Å². The van der Waals surface area contributed by atoms with Crippen LogP contribution in [0.2, 0.25) is 0 Å². The quantitative estimate of drug-likeness (QED) is 0.810. The predicted molar refractivity (Wildman–Crippen MR) is 103 cm³/mol. The van der Waals surface area contributed by atoms with Gasteiger partial charge in [0.2, 0.25) is 0 Å². The number of nitrogens with two attached hydrogens (primary N) is 1. The van der Waals surface area contributed by atoms with Gasteiger partial charge in [0, 0.05) is 12.1 Å². The average Bonchev–Trinajstić information content (AvgIpc) is 3.28. The van der Waals surface area contributed by atoms with Gasteiger partial charge in [0.1, 0.15) is 9.88 Å². The van der Waals surface area contributed by atoms with Crippen LogP contribution in [0.3, 0.4) is 0 Å². The zero-order chi connectivity index (χ0) is 18.7. The molecule has 140 valence electrons. The number of rotatable bonds is 6. The lowest BCUT2D eigenvalue weighted by atomic mass is 9.98. The highest BCUT2D eigenvalue weighted by molar-refractivity contribution is 7.17. The van der Waals surface area contributed by atoms with E-state index in [1.165, 1.54) is 11.3 Å². The van der Waals surface area contributed by atoms with Crippen molar-refractivity contribution in [1.82, 2.24) is 10.3 Å². The highest BCUT2D eigenvalue weighted by atomic mass is 32.1. The standard InChI is InChI=1S/C19H25N3O3S/c1-12-16(17(23)22-19(11-20)8-4-5-9-19)26-18(21-12)13-6-7-14(24-2)15(10-13)25-3/h6-7,10H,4-5,8-9,11,20H2,1-3H3,(H,22,23). The highest BCUT2D eigenvalue weighted by Crippen LogP contribution is 2.35. The minimum absolute atomic E-state index is 0.0842. The molecule has 0 radical (unpaired) electrons. The maximum atomic E-state index is 12.8. The number of aromatic nitrogens is 1. The first-order valence-corrected chi connectivity index (χ1v) is 9.56. The third-order valence-electron chi connectivity index (χ3n) is 4.96. The number of thiazole rings is 1. The Morgan fingerprint density at radius 2 is 1.96 bits per heavy atom. The molecule has 0 unspecified atom stereocenters. The molecule has 0 bridgehead atoms. The predicted octanol–water partition coefficient (Wildman–Crippen LogP) is 3.14. The van der Waals surface area contributed by atoms with Crippen LogP contribution in [0.5, 0.6) is 11.5 Å². The molecular weight excluding hydrogens is 350 g/mol. The summed E-state index contributed by atoms with van der Waals surface area (Å²) in [7, 11) is 3.20. The number of hydrogen-bond acceptors (Lipinski definition) is 6. The van der Waals surface area contributed by atoms with Crippen LogP contribution in [-0.2, 0) is 0 Å². The molecule has 3 rings (SSSR count). The molecule has 1 heterocycles. The number of carbonyl (C=O) groups excluding carboxylic acids is 1. The molecule has 26 heavy (non-hydrogen) atoms. The molecule has 0 atom stereocenters. The van der Waals surface area contributed by atoms with Crippen molar-refractivity contribution in [2.75, 3.05) is 20.8 Å². The first kappa shape index (κ1) is 18.7. The van der Waals surface area contributed by atoms with Gasteiger partial charge in [-0.2, -0.15) is 0 Å². The van der Waals surface area contributed by atoms with E-state index in [2.05, 4.69) is 10.3 Å². The normalized spacial score (nSPS) is 15.7. The zero-order valence-electron chi connectivity index (χ0n) is 15.4. The second-order valence-corrected chi connectivity index (χ2v) is 7.65. The summed E-state index contributed by atoms with van der Waals surface area (Å²) in [6.07, 6.45) is 4.09. The Bertz CT molecular complexity index is 797. The first-order chi connectivity index (χ1) is 12.5. The lowest BCUT2D eigenvalue weighted by Crippen LogP contribution is -2.51. The van der Waals surface area contributed by atoms with Gasteiger partial charge in [-0.15, -0.1) is 11.3 Å². The number of nitrogens with zero attached hydrogens (tertiary/aromatic N) is 1. The van der Waals surface area contributed by atoms with E-state index in [9.17, 15) is 4.79 Å². The number of carbonyl (C=O) groups is 1. The van der Waals surface area contributed by atoms with E-state index in [1.54, 1.807) is 14.2 Å². The molecule has 7 heteroatoms. The Labute approximate surface area is 157 Å². The van der Waals surface area contributed by atoms with Gasteiger partial charge in [0.25, 0.3) is 5.91 Å². The van der Waals surface area contributed by atoms with Gasteiger partial charge in [-0.1, -0.05) is 12.8 Å². The molecule has 2 aromatic rings. The van der Waals surface area contributed by atoms with Crippen molar-refractivity contribution in [3.8, 4) is 22.1 Å². The van der Waals surface area contributed by atoms with Crippen molar-refractivity contribution in [1.29, 1.82) is 0 Å². The Kier molecular flexibility index (Phi) is 5.48. The second kappa shape index (κ2) is 7.63. The van der Waals surface area contributed by atoms with E-state index >= 15 is 0 Å². The fraction of sp³-hybridized carbons (Fsp3) is 0.474. The van der Waals surface area contributed by atoms with E-state index in [0.717, 1.165) is 41.9 Å². The average molecular weight is 375 g/mol. The van der Waals surface area contributed by atoms with Gasteiger partial charge >= 0.3 is 0 Å². The first-order valence-electron chi connectivity index (χ1n) is 8.74. The number of nitrogens with one attached hydrogen (secondary N) is 1. The van der Waals surface area contributed by atoms with E-state index in [-0.39, 0.29) is 11.4 Å². The number of benzene rings is 1. The summed E-state index contributed by atoms with van der Waals surface area (Å²) in [5, 5.41) is 3.95. The van der Waals surface area contributed by atoms with Gasteiger partial charge in [0.15, 0.2) is 11.5 Å². The molecule has 3 N–H and O–H groups in total. The largest absolute Gasteiger partial charge is 0.493 e. The molecule has 1 amide bonds. The summed E-state index contributed by atoms with van der Waals surface area (Å²) in [5.74, 6) is 1.21. The van der Waals surface area contributed by atoms with Crippen LogP contribution in [0.1, 0.15) is 41.0 Å². The van der Waals surface area contributed by atoms with Gasteiger partial charge in [-0.3, -0.25) is 4.79 Å². The Balaban J connectivity index is 1.86. The summed E-state index contributed by atoms with van der Waals surface area (Å²) < 4.78 is 10.6. The summed E-state index contributed by atoms with van der Waals surface area (Å²) in [6, 6.07) is 5.63. The highest BCUT2D eigenvalue weighted by Gasteiger charge is 2.35. The van der Waals surface area contributed by atoms with Gasteiger partial charge in [-0.05, 0) is 38.0 Å². The minimum Gasteiger partial charge on any atom is -0.493 e. The van der Waals surface area contributed by atoms with Crippen LogP contribution >= 0.6 is 11.3 Å². The van der Waals surface area contributed by atoms with Crippen LogP contribution in [0.4, 0.5) is 0 Å². The van der Waals surface area contributed by atoms with Crippen LogP contribution in [-0.4, -0.2) is 37.2 Å². The Morgan fingerprint density at radius 1 is 1.27 bits per heavy atom. The molecule has 0 aliphatic heterocycles. The molecule has 1 aliphatic rings. The van der Waals surface area contributed by atoms with Crippen molar-refractivity contribution in [3.05, 3.63) is 28.8 Å². The molecule has 0 spiro atoms. The lowest BCUT2D eigenvalue weighted by Gasteiger charge is -2.28. The topological polar surface area (TPSA) is 86.5 Å². The van der Waals surface area contributed by atoms with Crippen molar-refractivity contribution < 1.29 is 14.3 Å². The van der Waals surface area contributed by atoms with Crippen molar-refractivity contribution in [2.24, 2.45) is 5.73 Å². The Hall–Kier alpha value is -2.12. The smallest absolute Gasteiger partial charge is 0.263 e. The van der Waals surface area contributed by atoms with E-state index in [1.807, 2.05) is 25.1 Å². The number of methoxy groups -OCH3 is 2. The molecule has 1 fully saturated rings. The van der Waals surface area contributed by atoms with E-state index in [0.29, 0.717) is 22.9 Å². The maximum Gasteiger partial charge on any atom is 0.263 e. The molecule has 1 aliphatic carbocycles. The fourth-order valence-electron chi connectivity index (χ4n) is 3.43. The maximum absolute atomic E-state index is 12.8. The zero-order valence-corrected chi connectivity index (χ0v) is 16.2. The molecule has 6 nitrogen and oxygen atoms in total. The SMILES string of the molecule is COc1ccc(-c2nc(C)c(C(=O)NC3(CN)CCCC3)s2)cc1OC. The number of aryl methyl sites for hydroxylation is 1. The van der Waals surface area contributed by atoms with Crippen LogP contribution in [0.15, 0.2) is 18.2 Å². The number of amides is 1. The van der Waals surface area contributed by atoms with Gasteiger partial charge < -0.3 is 20.5 Å². The molecule has 1 aromatic carbocycles. The monoisotopic (exact) mass is 375 g/mol. The number of hydrogen-bond donors (Lipinski definition) is 2. The summed E-state index contributed by atoms with van der Waals surface area (Å²) in [5.41, 5.74) is 7.29.